The Balaban J connectivity index is 2.19. The largest absolute Gasteiger partial charge is 0.490 e. The van der Waals surface area contributed by atoms with Crippen LogP contribution in [-0.4, -0.2) is 11.2 Å². The minimum atomic E-state index is 0.103. The van der Waals surface area contributed by atoms with Crippen LogP contribution >= 0.6 is 0 Å². The molecule has 0 aliphatic heterocycles. The Hall–Kier alpha value is -1.02. The molecular weight excluding hydrogens is 200 g/mol. The fourth-order valence-electron chi connectivity index (χ4n) is 2.49. The predicted molar refractivity (Wildman–Crippen MR) is 64.7 cm³/mol. The van der Waals surface area contributed by atoms with E-state index in [2.05, 4.69) is 13.8 Å². The van der Waals surface area contributed by atoms with E-state index in [0.717, 1.165) is 22.4 Å². The van der Waals surface area contributed by atoms with Crippen LogP contribution in [-0.2, 0) is 6.61 Å². The zero-order chi connectivity index (χ0) is 11.5. The summed E-state index contributed by atoms with van der Waals surface area (Å²) < 4.78 is 6.05. The Labute approximate surface area is 97.3 Å². The van der Waals surface area contributed by atoms with Gasteiger partial charge in [-0.05, 0) is 56.2 Å². The van der Waals surface area contributed by atoms with Gasteiger partial charge in [-0.25, -0.2) is 0 Å². The SMILES string of the molecule is Cc1cc(CO)cc(C)c1OC1CCCC1. The highest BCUT2D eigenvalue weighted by Crippen LogP contribution is 2.30. The summed E-state index contributed by atoms with van der Waals surface area (Å²) in [6, 6.07) is 4.02. The highest BCUT2D eigenvalue weighted by atomic mass is 16.5. The van der Waals surface area contributed by atoms with Gasteiger partial charge >= 0.3 is 0 Å². The van der Waals surface area contributed by atoms with Crippen molar-refractivity contribution in [3.8, 4) is 5.75 Å². The van der Waals surface area contributed by atoms with Gasteiger partial charge in [-0.2, -0.15) is 0 Å². The lowest BCUT2D eigenvalue weighted by molar-refractivity contribution is 0.207. The minimum Gasteiger partial charge on any atom is -0.490 e. The standard InChI is InChI=1S/C14H20O2/c1-10-7-12(9-15)8-11(2)14(10)16-13-5-3-4-6-13/h7-8,13,15H,3-6,9H2,1-2H3. The van der Waals surface area contributed by atoms with Crippen molar-refractivity contribution < 1.29 is 9.84 Å². The van der Waals surface area contributed by atoms with Gasteiger partial charge in [-0.15, -0.1) is 0 Å². The van der Waals surface area contributed by atoms with E-state index in [1.54, 1.807) is 0 Å². The third-order valence-corrected chi connectivity index (χ3v) is 3.29. The summed E-state index contributed by atoms with van der Waals surface area (Å²) in [6.07, 6.45) is 5.34. The van der Waals surface area contributed by atoms with Gasteiger partial charge in [0.15, 0.2) is 0 Å². The summed E-state index contributed by atoms with van der Waals surface area (Å²) in [7, 11) is 0. The highest BCUT2D eigenvalue weighted by molar-refractivity contribution is 5.43. The van der Waals surface area contributed by atoms with E-state index in [-0.39, 0.29) is 6.61 Å². The first-order chi connectivity index (χ1) is 7.70. The van der Waals surface area contributed by atoms with Crippen molar-refractivity contribution in [2.24, 2.45) is 0 Å². The second kappa shape index (κ2) is 4.88. The third-order valence-electron chi connectivity index (χ3n) is 3.29. The molecule has 0 heterocycles. The van der Waals surface area contributed by atoms with Crippen molar-refractivity contribution >= 4 is 0 Å². The highest BCUT2D eigenvalue weighted by Gasteiger charge is 2.18. The molecule has 1 fully saturated rings. The molecule has 0 bridgehead atoms. The number of aliphatic hydroxyl groups excluding tert-OH is 1. The van der Waals surface area contributed by atoms with Crippen LogP contribution < -0.4 is 4.74 Å². The number of rotatable bonds is 3. The van der Waals surface area contributed by atoms with Crippen molar-refractivity contribution in [1.82, 2.24) is 0 Å². The second-order valence-corrected chi connectivity index (χ2v) is 4.74. The molecule has 1 aromatic rings. The Bertz CT molecular complexity index is 342. The van der Waals surface area contributed by atoms with Gasteiger partial charge in [-0.3, -0.25) is 0 Å². The first kappa shape index (κ1) is 11.5. The fraction of sp³-hybridized carbons (Fsp3) is 0.571. The molecule has 0 atom stereocenters. The van der Waals surface area contributed by atoms with Gasteiger partial charge in [0.1, 0.15) is 5.75 Å². The maximum absolute atomic E-state index is 9.12. The normalized spacial score (nSPS) is 16.7. The molecule has 0 amide bonds. The van der Waals surface area contributed by atoms with E-state index in [1.807, 2.05) is 12.1 Å². The van der Waals surface area contributed by atoms with Crippen molar-refractivity contribution in [3.05, 3.63) is 28.8 Å². The minimum absolute atomic E-state index is 0.103. The number of aliphatic hydroxyl groups is 1. The predicted octanol–water partition coefficient (Wildman–Crippen LogP) is 3.12. The summed E-state index contributed by atoms with van der Waals surface area (Å²) in [5, 5.41) is 9.12. The number of benzene rings is 1. The van der Waals surface area contributed by atoms with Crippen LogP contribution in [0.15, 0.2) is 12.1 Å². The molecule has 88 valence electrons. The van der Waals surface area contributed by atoms with Crippen LogP contribution in [0.25, 0.3) is 0 Å². The summed E-state index contributed by atoms with van der Waals surface area (Å²) in [6.45, 7) is 4.21. The quantitative estimate of drug-likeness (QED) is 0.848. The molecule has 0 spiro atoms. The molecule has 1 aliphatic carbocycles. The zero-order valence-electron chi connectivity index (χ0n) is 10.1. The van der Waals surface area contributed by atoms with Gasteiger partial charge in [0.2, 0.25) is 0 Å². The molecule has 0 radical (unpaired) electrons. The summed E-state index contributed by atoms with van der Waals surface area (Å²) in [5.74, 6) is 1.02. The maximum Gasteiger partial charge on any atom is 0.125 e. The molecular formula is C14H20O2. The van der Waals surface area contributed by atoms with E-state index in [0.29, 0.717) is 6.10 Å². The molecule has 0 saturated heterocycles. The van der Waals surface area contributed by atoms with E-state index in [9.17, 15) is 0 Å². The number of hydrogen-bond donors (Lipinski definition) is 1. The van der Waals surface area contributed by atoms with E-state index >= 15 is 0 Å². The van der Waals surface area contributed by atoms with E-state index in [1.165, 1.54) is 25.7 Å². The van der Waals surface area contributed by atoms with Crippen molar-refractivity contribution in [1.29, 1.82) is 0 Å². The summed E-state index contributed by atoms with van der Waals surface area (Å²) in [4.78, 5) is 0. The van der Waals surface area contributed by atoms with E-state index < -0.39 is 0 Å². The first-order valence-electron chi connectivity index (χ1n) is 6.08. The van der Waals surface area contributed by atoms with Crippen LogP contribution in [0.5, 0.6) is 5.75 Å². The van der Waals surface area contributed by atoms with Gasteiger partial charge in [-0.1, -0.05) is 12.1 Å². The van der Waals surface area contributed by atoms with Crippen LogP contribution in [0.4, 0.5) is 0 Å². The average molecular weight is 220 g/mol. The van der Waals surface area contributed by atoms with Crippen molar-refractivity contribution in [3.63, 3.8) is 0 Å². The zero-order valence-corrected chi connectivity index (χ0v) is 10.1. The smallest absolute Gasteiger partial charge is 0.125 e. The lowest BCUT2D eigenvalue weighted by Gasteiger charge is -2.18. The molecule has 1 aromatic carbocycles. The summed E-state index contributed by atoms with van der Waals surface area (Å²) in [5.41, 5.74) is 3.24. The molecule has 2 rings (SSSR count). The van der Waals surface area contributed by atoms with Crippen molar-refractivity contribution in [2.45, 2.75) is 52.2 Å². The Morgan fingerprint density at radius 1 is 1.19 bits per heavy atom. The van der Waals surface area contributed by atoms with Gasteiger partial charge in [0, 0.05) is 0 Å². The fourth-order valence-corrected chi connectivity index (χ4v) is 2.49. The van der Waals surface area contributed by atoms with Gasteiger partial charge in [0.25, 0.3) is 0 Å². The Morgan fingerprint density at radius 3 is 2.25 bits per heavy atom. The third kappa shape index (κ3) is 2.38. The molecule has 1 aliphatic rings. The van der Waals surface area contributed by atoms with E-state index in [4.69, 9.17) is 9.84 Å². The maximum atomic E-state index is 9.12. The number of ether oxygens (including phenoxy) is 1. The molecule has 2 heteroatoms. The molecule has 0 aromatic heterocycles. The Morgan fingerprint density at radius 2 is 1.75 bits per heavy atom. The van der Waals surface area contributed by atoms with Crippen LogP contribution in [0, 0.1) is 13.8 Å². The van der Waals surface area contributed by atoms with Crippen molar-refractivity contribution in [2.75, 3.05) is 0 Å². The molecule has 1 N–H and O–H groups in total. The molecule has 16 heavy (non-hydrogen) atoms. The monoisotopic (exact) mass is 220 g/mol. The lowest BCUT2D eigenvalue weighted by Crippen LogP contribution is -2.12. The van der Waals surface area contributed by atoms with Crippen LogP contribution in [0.1, 0.15) is 42.4 Å². The van der Waals surface area contributed by atoms with Gasteiger partial charge < -0.3 is 9.84 Å². The molecule has 1 saturated carbocycles. The first-order valence-corrected chi connectivity index (χ1v) is 6.08. The Kier molecular flexibility index (Phi) is 3.49. The average Bonchev–Trinajstić information content (AvgIpc) is 2.75. The lowest BCUT2D eigenvalue weighted by atomic mass is 10.1. The topological polar surface area (TPSA) is 29.5 Å². The van der Waals surface area contributed by atoms with Crippen LogP contribution in [0.2, 0.25) is 0 Å². The number of aryl methyl sites for hydroxylation is 2. The van der Waals surface area contributed by atoms with Gasteiger partial charge in [0.05, 0.1) is 12.7 Å². The van der Waals surface area contributed by atoms with Crippen LogP contribution in [0.3, 0.4) is 0 Å². The molecule has 2 nitrogen and oxygen atoms in total. The summed E-state index contributed by atoms with van der Waals surface area (Å²) >= 11 is 0. The second-order valence-electron chi connectivity index (χ2n) is 4.74. The molecule has 0 unspecified atom stereocenters. The number of hydrogen-bond acceptors (Lipinski definition) is 2.